The average Bonchev–Trinajstić information content (AvgIpc) is 3.02. The number of anilines is 2. The van der Waals surface area contributed by atoms with Crippen LogP contribution in [0.2, 0.25) is 0 Å². The van der Waals surface area contributed by atoms with Crippen molar-refractivity contribution in [1.82, 2.24) is 13.6 Å². The minimum absolute atomic E-state index is 0.0517. The molecule has 3 rings (SSSR count). The number of ketones is 1. The standard InChI is InChI=1S/C17H21F2N5O3S2/c1-23(2)29(26,27)24-8-6-10(7-9-24)21-17-22-16(20)15(28-17)14(25)13-11(18)4-3-5-12(13)19/h3-5,10H,6-9,20H2,1-2H3,(H,21,22). The smallest absolute Gasteiger partial charge is 0.281 e. The molecule has 0 radical (unpaired) electrons. The van der Waals surface area contributed by atoms with E-state index in [0.717, 1.165) is 23.5 Å². The van der Waals surface area contributed by atoms with Crippen LogP contribution >= 0.6 is 11.3 Å². The monoisotopic (exact) mass is 445 g/mol. The van der Waals surface area contributed by atoms with Crippen molar-refractivity contribution in [3.63, 3.8) is 0 Å². The van der Waals surface area contributed by atoms with E-state index in [1.54, 1.807) is 0 Å². The molecule has 0 bridgehead atoms. The van der Waals surface area contributed by atoms with Crippen LogP contribution in [0.5, 0.6) is 0 Å². The number of benzene rings is 1. The van der Waals surface area contributed by atoms with Gasteiger partial charge in [0.15, 0.2) is 5.13 Å². The number of rotatable bonds is 6. The molecule has 1 fully saturated rings. The van der Waals surface area contributed by atoms with Crippen molar-refractivity contribution in [2.75, 3.05) is 38.2 Å². The van der Waals surface area contributed by atoms with Gasteiger partial charge in [-0.3, -0.25) is 4.79 Å². The summed E-state index contributed by atoms with van der Waals surface area (Å²) in [7, 11) is -0.496. The van der Waals surface area contributed by atoms with Gasteiger partial charge in [-0.15, -0.1) is 0 Å². The van der Waals surface area contributed by atoms with Crippen LogP contribution in [0.1, 0.15) is 28.1 Å². The molecule has 0 aliphatic carbocycles. The molecule has 1 aromatic carbocycles. The maximum Gasteiger partial charge on any atom is 0.281 e. The van der Waals surface area contributed by atoms with Crippen LogP contribution < -0.4 is 11.1 Å². The van der Waals surface area contributed by atoms with Crippen molar-refractivity contribution in [2.45, 2.75) is 18.9 Å². The molecular weight excluding hydrogens is 424 g/mol. The van der Waals surface area contributed by atoms with Crippen LogP contribution in [-0.4, -0.2) is 61.0 Å². The van der Waals surface area contributed by atoms with E-state index in [2.05, 4.69) is 10.3 Å². The number of thiazole rings is 1. The van der Waals surface area contributed by atoms with Crippen LogP contribution in [0.3, 0.4) is 0 Å². The maximum absolute atomic E-state index is 13.9. The first-order chi connectivity index (χ1) is 13.6. The summed E-state index contributed by atoms with van der Waals surface area (Å²) in [5.74, 6) is -2.91. The lowest BCUT2D eigenvalue weighted by Gasteiger charge is -2.32. The summed E-state index contributed by atoms with van der Waals surface area (Å²) in [5, 5.41) is 3.48. The van der Waals surface area contributed by atoms with Crippen LogP contribution in [0, 0.1) is 11.6 Å². The summed E-state index contributed by atoms with van der Waals surface area (Å²) < 4.78 is 54.7. The highest BCUT2D eigenvalue weighted by molar-refractivity contribution is 7.86. The molecule has 29 heavy (non-hydrogen) atoms. The summed E-state index contributed by atoms with van der Waals surface area (Å²) in [6.07, 6.45) is 1.08. The molecule has 0 unspecified atom stereocenters. The zero-order chi connectivity index (χ0) is 21.3. The van der Waals surface area contributed by atoms with Gasteiger partial charge in [0.2, 0.25) is 5.78 Å². The number of nitrogen functional groups attached to an aromatic ring is 1. The quantitative estimate of drug-likeness (QED) is 0.658. The summed E-state index contributed by atoms with van der Waals surface area (Å²) in [6.45, 7) is 0.677. The lowest BCUT2D eigenvalue weighted by Crippen LogP contribution is -2.46. The SMILES string of the molecule is CN(C)S(=O)(=O)N1CCC(Nc2nc(N)c(C(=O)c3c(F)cccc3F)s2)CC1. The Morgan fingerprint density at radius 2 is 1.86 bits per heavy atom. The summed E-state index contributed by atoms with van der Waals surface area (Å²) in [4.78, 5) is 16.6. The van der Waals surface area contributed by atoms with Gasteiger partial charge in [-0.1, -0.05) is 17.4 Å². The topological polar surface area (TPSA) is 109 Å². The van der Waals surface area contributed by atoms with Gasteiger partial charge in [0.1, 0.15) is 22.3 Å². The number of aromatic nitrogens is 1. The van der Waals surface area contributed by atoms with Crippen molar-refractivity contribution in [1.29, 1.82) is 0 Å². The Hall–Kier alpha value is -2.15. The number of carbonyl (C=O) groups is 1. The number of hydrogen-bond donors (Lipinski definition) is 2. The van der Waals surface area contributed by atoms with Crippen LogP contribution in [0.25, 0.3) is 0 Å². The highest BCUT2D eigenvalue weighted by Crippen LogP contribution is 2.30. The predicted molar refractivity (Wildman–Crippen MR) is 107 cm³/mol. The lowest BCUT2D eigenvalue weighted by molar-refractivity contribution is 0.103. The van der Waals surface area contributed by atoms with Crippen LogP contribution in [0.15, 0.2) is 18.2 Å². The molecule has 0 spiro atoms. The van der Waals surface area contributed by atoms with Crippen molar-refractivity contribution in [3.8, 4) is 0 Å². The van der Waals surface area contributed by atoms with E-state index in [9.17, 15) is 22.0 Å². The number of halogens is 2. The molecule has 12 heteroatoms. The number of piperidine rings is 1. The zero-order valence-electron chi connectivity index (χ0n) is 15.9. The average molecular weight is 446 g/mol. The zero-order valence-corrected chi connectivity index (χ0v) is 17.5. The maximum atomic E-state index is 13.9. The molecule has 8 nitrogen and oxygen atoms in total. The van der Waals surface area contributed by atoms with E-state index in [1.807, 2.05) is 0 Å². The molecule has 1 aromatic heterocycles. The lowest BCUT2D eigenvalue weighted by atomic mass is 10.1. The Kier molecular flexibility index (Phi) is 6.17. The van der Waals surface area contributed by atoms with Gasteiger partial charge in [-0.05, 0) is 25.0 Å². The summed E-state index contributed by atoms with van der Waals surface area (Å²) in [6, 6.07) is 3.11. The van der Waals surface area contributed by atoms with E-state index in [1.165, 1.54) is 28.8 Å². The second kappa shape index (κ2) is 8.30. The third kappa shape index (κ3) is 4.39. The largest absolute Gasteiger partial charge is 0.382 e. The minimum Gasteiger partial charge on any atom is -0.382 e. The Labute approximate surface area is 171 Å². The van der Waals surface area contributed by atoms with Crippen LogP contribution in [0.4, 0.5) is 19.7 Å². The molecule has 1 aliphatic rings. The number of nitrogens with two attached hydrogens (primary N) is 1. The van der Waals surface area contributed by atoms with Crippen molar-refractivity contribution < 1.29 is 22.0 Å². The molecule has 2 heterocycles. The predicted octanol–water partition coefficient (Wildman–Crippen LogP) is 1.92. The normalized spacial score (nSPS) is 16.3. The highest BCUT2D eigenvalue weighted by atomic mass is 32.2. The van der Waals surface area contributed by atoms with Gasteiger partial charge in [0.25, 0.3) is 10.2 Å². The third-order valence-electron chi connectivity index (χ3n) is 4.62. The fraction of sp³-hybridized carbons (Fsp3) is 0.412. The molecule has 3 N–H and O–H groups in total. The van der Waals surface area contributed by atoms with Gasteiger partial charge in [0.05, 0.1) is 5.56 Å². The Bertz CT molecular complexity index is 998. The van der Waals surface area contributed by atoms with Gasteiger partial charge in [0, 0.05) is 33.2 Å². The van der Waals surface area contributed by atoms with E-state index < -0.39 is 33.2 Å². The molecule has 158 valence electrons. The highest BCUT2D eigenvalue weighted by Gasteiger charge is 2.30. The number of nitrogens with zero attached hydrogens (tertiary/aromatic N) is 3. The fourth-order valence-electron chi connectivity index (χ4n) is 3.02. The van der Waals surface area contributed by atoms with Gasteiger partial charge in [-0.2, -0.15) is 17.0 Å². The molecule has 2 aromatic rings. The van der Waals surface area contributed by atoms with Crippen molar-refractivity contribution >= 4 is 38.3 Å². The first kappa shape index (κ1) is 21.6. The number of nitrogens with one attached hydrogen (secondary N) is 1. The van der Waals surface area contributed by atoms with Gasteiger partial charge in [-0.25, -0.2) is 13.8 Å². The second-order valence-electron chi connectivity index (χ2n) is 6.77. The van der Waals surface area contributed by atoms with E-state index >= 15 is 0 Å². The first-order valence-corrected chi connectivity index (χ1v) is 11.0. The number of carbonyl (C=O) groups excluding carboxylic acids is 1. The Morgan fingerprint density at radius 3 is 2.41 bits per heavy atom. The van der Waals surface area contributed by atoms with Crippen molar-refractivity contribution in [2.24, 2.45) is 0 Å². The molecule has 1 saturated heterocycles. The fourth-order valence-corrected chi connectivity index (χ4v) is 5.06. The van der Waals surface area contributed by atoms with Gasteiger partial charge < -0.3 is 11.1 Å². The van der Waals surface area contributed by atoms with E-state index in [0.29, 0.717) is 31.1 Å². The molecule has 1 aliphatic heterocycles. The summed E-state index contributed by atoms with van der Waals surface area (Å²) in [5.41, 5.74) is 5.13. The third-order valence-corrected chi connectivity index (χ3v) is 7.56. The summed E-state index contributed by atoms with van der Waals surface area (Å²) >= 11 is 0.915. The molecule has 0 saturated carbocycles. The Morgan fingerprint density at radius 1 is 1.28 bits per heavy atom. The minimum atomic E-state index is -3.46. The number of hydrogen-bond acceptors (Lipinski definition) is 7. The first-order valence-electron chi connectivity index (χ1n) is 8.80. The second-order valence-corrected chi connectivity index (χ2v) is 9.91. The van der Waals surface area contributed by atoms with Gasteiger partial charge >= 0.3 is 0 Å². The molecular formula is C17H21F2N5O3S2. The molecule has 0 atom stereocenters. The van der Waals surface area contributed by atoms with Crippen molar-refractivity contribution in [3.05, 3.63) is 40.3 Å². The van der Waals surface area contributed by atoms with Crippen LogP contribution in [-0.2, 0) is 10.2 Å². The van der Waals surface area contributed by atoms with E-state index in [4.69, 9.17) is 5.73 Å². The van der Waals surface area contributed by atoms with E-state index in [-0.39, 0.29) is 16.7 Å². The Balaban J connectivity index is 1.70. The molecule has 0 amide bonds.